The molecule has 1 aromatic rings. The Hall–Kier alpha value is -0.250. The minimum Gasteiger partial charge on any atom is -0.384 e. The quantitative estimate of drug-likeness (QED) is 0.599. The number of nitrogens with zero attached hydrogens (tertiary/aromatic N) is 2. The van der Waals surface area contributed by atoms with Gasteiger partial charge < -0.3 is 20.1 Å². The summed E-state index contributed by atoms with van der Waals surface area (Å²) < 4.78 is 61.8. The molecule has 1 aromatic heterocycles. The summed E-state index contributed by atoms with van der Waals surface area (Å²) in [6.45, 7) is -4.99. The molecule has 1 aliphatic rings. The van der Waals surface area contributed by atoms with Gasteiger partial charge in [-0.2, -0.15) is 13.8 Å². The molecule has 0 saturated carbocycles. The van der Waals surface area contributed by atoms with Crippen LogP contribution in [0.25, 0.3) is 0 Å². The average Bonchev–Trinajstić information content (AvgIpc) is 2.66. The molecule has 2 rings (SSSR count). The molecule has 3 N–H and O–H groups in total. The van der Waals surface area contributed by atoms with Crippen LogP contribution in [0, 0.1) is 0 Å². The number of nitrogen functional groups attached to an aromatic ring is 1. The number of hydrogen-bond acceptors (Lipinski definition) is 8. The minimum atomic E-state index is -4.13. The summed E-state index contributed by atoms with van der Waals surface area (Å²) in [5.74, 6) is -8.87. The second-order valence-corrected chi connectivity index (χ2v) is 14.3. The molecule has 0 aliphatic carbocycles. The number of rotatable bonds is 6. The Morgan fingerprint density at radius 1 is 1.42 bits per heavy atom. The molecule has 2 unspecified atom stereocenters. The van der Waals surface area contributed by atoms with E-state index in [1.807, 2.05) is 0 Å². The van der Waals surface area contributed by atoms with E-state index in [1.54, 1.807) is 0 Å². The average molecular weight is 477 g/mol. The fourth-order valence-electron chi connectivity index (χ4n) is 2.13. The number of hydrogen-bond donors (Lipinski definition) is 2. The molecule has 0 bridgehead atoms. The highest BCUT2D eigenvalue weighted by Gasteiger charge is 2.60. The summed E-state index contributed by atoms with van der Waals surface area (Å²) in [5, 5.41) is 9.77. The van der Waals surface area contributed by atoms with Crippen LogP contribution in [0.2, 0.25) is 0 Å². The van der Waals surface area contributed by atoms with Crippen LogP contribution >= 0.6 is 46.3 Å². The summed E-state index contributed by atoms with van der Waals surface area (Å²) in [6, 6.07) is 1.09. The van der Waals surface area contributed by atoms with E-state index in [4.69, 9.17) is 48.7 Å². The number of anilines is 1. The van der Waals surface area contributed by atoms with Crippen molar-refractivity contribution in [2.45, 2.75) is 24.4 Å². The van der Waals surface area contributed by atoms with E-state index in [1.165, 1.54) is 0 Å². The molecule has 0 radical (unpaired) electrons. The molecule has 9 nitrogen and oxygen atoms in total. The highest BCUT2D eigenvalue weighted by Crippen LogP contribution is 2.70. The molecular weight excluding hydrogens is 464 g/mol. The Balaban J connectivity index is 2.17. The first-order valence-corrected chi connectivity index (χ1v) is 13.1. The van der Waals surface area contributed by atoms with Crippen molar-refractivity contribution in [2.75, 3.05) is 18.2 Å². The van der Waals surface area contributed by atoms with E-state index < -0.39 is 55.1 Å². The summed E-state index contributed by atoms with van der Waals surface area (Å²) >= 11 is 16.0. The van der Waals surface area contributed by atoms with Gasteiger partial charge in [0.2, 0.25) is 6.23 Å². The van der Waals surface area contributed by atoms with Crippen LogP contribution in [0.4, 0.5) is 14.6 Å². The molecule has 0 amide bonds. The maximum absolute atomic E-state index is 14.3. The van der Waals surface area contributed by atoms with Gasteiger partial charge in [-0.1, -0.05) is 0 Å². The van der Waals surface area contributed by atoms with Gasteiger partial charge in [-0.25, -0.2) is 4.79 Å². The minimum absolute atomic E-state index is 0.192. The van der Waals surface area contributed by atoms with Crippen molar-refractivity contribution in [1.82, 2.24) is 9.55 Å². The standard InChI is InChI=1S/C10H12Cl3F2N3O6P2/c11-25(12,21)4-26(13,22)23-3-5-7(19)10(14,15)8(24-5)18-2-1-6(16)17-9(18)20/h1-2,5,7-8,19H,3-4H2,(H2,16,17,20)/t5-,7?,8-,26?/m1/s1. The normalized spacial score (nSPS) is 28.0. The van der Waals surface area contributed by atoms with Crippen molar-refractivity contribution in [3.8, 4) is 0 Å². The number of alkyl halides is 2. The van der Waals surface area contributed by atoms with Crippen LogP contribution in [0.5, 0.6) is 0 Å². The Morgan fingerprint density at radius 3 is 2.58 bits per heavy atom. The van der Waals surface area contributed by atoms with E-state index in [0.29, 0.717) is 4.57 Å². The molecule has 1 saturated heterocycles. The first-order chi connectivity index (χ1) is 11.7. The van der Waals surface area contributed by atoms with Crippen LogP contribution in [-0.2, 0) is 18.4 Å². The molecule has 1 aliphatic heterocycles. The second-order valence-electron chi connectivity index (χ2n) is 5.29. The highest BCUT2D eigenvalue weighted by molar-refractivity contribution is 8.14. The van der Waals surface area contributed by atoms with Gasteiger partial charge in [0, 0.05) is 6.20 Å². The SMILES string of the molecule is Nc1ccn([C@@H]2O[C@H](COP(=O)(Cl)CP(=O)(Cl)Cl)C(O)C2(F)F)c(=O)n1. The van der Waals surface area contributed by atoms with E-state index in [9.17, 15) is 27.8 Å². The summed E-state index contributed by atoms with van der Waals surface area (Å²) in [7, 11) is 0. The Bertz CT molecular complexity index is 836. The first kappa shape index (κ1) is 22.0. The van der Waals surface area contributed by atoms with E-state index in [0.717, 1.165) is 12.3 Å². The topological polar surface area (TPSA) is 134 Å². The van der Waals surface area contributed by atoms with Gasteiger partial charge in [-0.05, 0) is 39.8 Å². The third-order valence-electron chi connectivity index (χ3n) is 3.25. The van der Waals surface area contributed by atoms with Crippen molar-refractivity contribution < 1.29 is 32.3 Å². The van der Waals surface area contributed by atoms with Crippen molar-refractivity contribution in [3.05, 3.63) is 22.7 Å². The van der Waals surface area contributed by atoms with Gasteiger partial charge in [0.1, 0.15) is 17.8 Å². The smallest absolute Gasteiger partial charge is 0.351 e. The molecule has 1 fully saturated rings. The van der Waals surface area contributed by atoms with Crippen molar-refractivity contribution >= 4 is 52.1 Å². The predicted octanol–water partition coefficient (Wildman–Crippen LogP) is 2.80. The molecule has 148 valence electrons. The number of aliphatic hydroxyl groups is 1. The highest BCUT2D eigenvalue weighted by atomic mass is 35.9. The van der Waals surface area contributed by atoms with Crippen LogP contribution < -0.4 is 11.4 Å². The number of aromatic nitrogens is 2. The van der Waals surface area contributed by atoms with Gasteiger partial charge in [0.15, 0.2) is 6.10 Å². The number of nitrogens with two attached hydrogens (primary N) is 1. The van der Waals surface area contributed by atoms with Gasteiger partial charge in [-0.3, -0.25) is 13.7 Å². The molecule has 0 aromatic carbocycles. The monoisotopic (exact) mass is 475 g/mol. The fraction of sp³-hybridized carbons (Fsp3) is 0.600. The maximum atomic E-state index is 14.3. The molecular formula is C10H12Cl3F2N3O6P2. The van der Waals surface area contributed by atoms with Crippen LogP contribution in [0.15, 0.2) is 17.1 Å². The summed E-state index contributed by atoms with van der Waals surface area (Å²) in [5.41, 5.74) is 4.15. The predicted molar refractivity (Wildman–Crippen MR) is 91.4 cm³/mol. The number of halogens is 5. The summed E-state index contributed by atoms with van der Waals surface area (Å²) in [4.78, 5) is 15.0. The Labute approximate surface area is 159 Å². The molecule has 2 heterocycles. The summed E-state index contributed by atoms with van der Waals surface area (Å²) in [6.07, 6.45) is -5.43. The van der Waals surface area contributed by atoms with Gasteiger partial charge in [-0.15, -0.1) is 0 Å². The zero-order valence-electron chi connectivity index (χ0n) is 12.5. The molecule has 26 heavy (non-hydrogen) atoms. The first-order valence-electron chi connectivity index (χ1n) is 6.70. The zero-order chi connectivity index (χ0) is 19.9. The lowest BCUT2D eigenvalue weighted by molar-refractivity contribution is -0.140. The van der Waals surface area contributed by atoms with E-state index in [-0.39, 0.29) is 5.82 Å². The van der Waals surface area contributed by atoms with E-state index in [2.05, 4.69) is 4.98 Å². The maximum Gasteiger partial charge on any atom is 0.351 e. The largest absolute Gasteiger partial charge is 0.384 e. The lowest BCUT2D eigenvalue weighted by atomic mass is 10.1. The zero-order valence-corrected chi connectivity index (χ0v) is 16.6. The van der Waals surface area contributed by atoms with Gasteiger partial charge in [0.25, 0.3) is 12.6 Å². The third kappa shape index (κ3) is 5.17. The lowest BCUT2D eigenvalue weighted by Crippen LogP contribution is -2.41. The van der Waals surface area contributed by atoms with Crippen LogP contribution in [0.3, 0.4) is 0 Å². The van der Waals surface area contributed by atoms with Crippen LogP contribution in [0.1, 0.15) is 6.23 Å². The van der Waals surface area contributed by atoms with Crippen molar-refractivity contribution in [1.29, 1.82) is 0 Å². The molecule has 4 atom stereocenters. The third-order valence-corrected chi connectivity index (χ3v) is 9.63. The Kier molecular flexibility index (Phi) is 6.48. The number of aliphatic hydroxyl groups excluding tert-OH is 1. The fourth-order valence-corrected chi connectivity index (χ4v) is 9.44. The van der Waals surface area contributed by atoms with Crippen molar-refractivity contribution in [2.24, 2.45) is 0 Å². The van der Waals surface area contributed by atoms with Gasteiger partial charge in [0.05, 0.1) is 6.61 Å². The van der Waals surface area contributed by atoms with Gasteiger partial charge >= 0.3 is 11.6 Å². The molecule has 16 heteroatoms. The van der Waals surface area contributed by atoms with Crippen LogP contribution in [-0.4, -0.2) is 45.3 Å². The number of ether oxygens (including phenoxy) is 1. The van der Waals surface area contributed by atoms with Crippen molar-refractivity contribution in [3.63, 3.8) is 0 Å². The lowest BCUT2D eigenvalue weighted by Gasteiger charge is -2.20. The Morgan fingerprint density at radius 2 is 2.04 bits per heavy atom. The van der Waals surface area contributed by atoms with E-state index >= 15 is 0 Å². The molecule has 0 spiro atoms. The second kappa shape index (κ2) is 7.64.